The molecule has 0 bridgehead atoms. The molecule has 0 aromatic heterocycles. The lowest BCUT2D eigenvalue weighted by Crippen LogP contribution is -2.43. The highest BCUT2D eigenvalue weighted by Crippen LogP contribution is 2.18. The Morgan fingerprint density at radius 2 is 2.09 bits per heavy atom. The largest absolute Gasteiger partial charge is 0.484 e. The fourth-order valence-electron chi connectivity index (χ4n) is 2.51. The zero-order chi connectivity index (χ0) is 16.2. The average molecular weight is 322 g/mol. The van der Waals surface area contributed by atoms with E-state index in [1.165, 1.54) is 0 Å². The molecule has 1 atom stereocenters. The minimum atomic E-state index is -3.02. The summed E-state index contributed by atoms with van der Waals surface area (Å²) in [4.78, 5) is 13.8. The SMILES string of the molecule is CCN(C(=O)COc1ccc(C#N)cc1)[C@H]1CCS(=O)(=O)C1. The second kappa shape index (κ2) is 6.79. The number of hydrogen-bond acceptors (Lipinski definition) is 5. The van der Waals surface area contributed by atoms with Gasteiger partial charge in [-0.15, -0.1) is 0 Å². The first kappa shape index (κ1) is 16.3. The van der Waals surface area contributed by atoms with E-state index >= 15 is 0 Å². The number of likely N-dealkylation sites (N-methyl/N-ethyl adjacent to an activating group) is 1. The van der Waals surface area contributed by atoms with Crippen LogP contribution in [0, 0.1) is 11.3 Å². The molecule has 1 amide bonds. The van der Waals surface area contributed by atoms with Gasteiger partial charge in [-0.05, 0) is 37.6 Å². The summed E-state index contributed by atoms with van der Waals surface area (Å²) in [6.07, 6.45) is 0.485. The first-order valence-corrected chi connectivity index (χ1v) is 8.90. The Balaban J connectivity index is 1.93. The number of rotatable bonds is 5. The molecule has 2 rings (SSSR count). The van der Waals surface area contributed by atoms with Gasteiger partial charge in [-0.2, -0.15) is 5.26 Å². The maximum atomic E-state index is 12.2. The minimum Gasteiger partial charge on any atom is -0.484 e. The molecule has 1 saturated heterocycles. The molecular weight excluding hydrogens is 304 g/mol. The van der Waals surface area contributed by atoms with E-state index in [0.29, 0.717) is 24.3 Å². The zero-order valence-electron chi connectivity index (χ0n) is 12.4. The van der Waals surface area contributed by atoms with E-state index in [9.17, 15) is 13.2 Å². The van der Waals surface area contributed by atoms with Gasteiger partial charge in [-0.1, -0.05) is 0 Å². The maximum Gasteiger partial charge on any atom is 0.260 e. The number of amides is 1. The molecule has 1 aromatic rings. The van der Waals surface area contributed by atoms with E-state index in [4.69, 9.17) is 10.00 Å². The van der Waals surface area contributed by atoms with Crippen molar-refractivity contribution >= 4 is 15.7 Å². The standard InChI is InChI=1S/C15H18N2O4S/c1-2-17(13-7-8-22(19,20)11-13)15(18)10-21-14-5-3-12(9-16)4-6-14/h3-6,13H,2,7-8,10-11H2,1H3/t13-/m0/s1. The van der Waals surface area contributed by atoms with Crippen molar-refractivity contribution in [2.75, 3.05) is 24.7 Å². The zero-order valence-corrected chi connectivity index (χ0v) is 13.2. The summed E-state index contributed by atoms with van der Waals surface area (Å²) in [5.41, 5.74) is 0.519. The van der Waals surface area contributed by atoms with Crippen LogP contribution in [0.1, 0.15) is 18.9 Å². The van der Waals surface area contributed by atoms with Crippen molar-refractivity contribution in [3.8, 4) is 11.8 Å². The molecule has 6 nitrogen and oxygen atoms in total. The molecular formula is C15H18N2O4S. The van der Waals surface area contributed by atoms with Crippen molar-refractivity contribution in [1.82, 2.24) is 4.90 Å². The van der Waals surface area contributed by atoms with Gasteiger partial charge in [-0.25, -0.2) is 8.42 Å². The smallest absolute Gasteiger partial charge is 0.260 e. The van der Waals surface area contributed by atoms with E-state index in [0.717, 1.165) is 0 Å². The van der Waals surface area contributed by atoms with E-state index in [1.54, 1.807) is 29.2 Å². The van der Waals surface area contributed by atoms with Crippen LogP contribution in [0.25, 0.3) is 0 Å². The number of nitrogens with zero attached hydrogens (tertiary/aromatic N) is 2. The van der Waals surface area contributed by atoms with Gasteiger partial charge in [-0.3, -0.25) is 4.79 Å². The molecule has 0 aliphatic carbocycles. The van der Waals surface area contributed by atoms with Gasteiger partial charge in [0.05, 0.1) is 23.1 Å². The summed E-state index contributed by atoms with van der Waals surface area (Å²) >= 11 is 0. The first-order chi connectivity index (χ1) is 10.4. The lowest BCUT2D eigenvalue weighted by molar-refractivity contribution is -0.135. The normalized spacial score (nSPS) is 19.4. The van der Waals surface area contributed by atoms with Crippen LogP contribution in [-0.2, 0) is 14.6 Å². The molecule has 0 spiro atoms. The Kier molecular flexibility index (Phi) is 5.03. The third-order valence-corrected chi connectivity index (χ3v) is 5.41. The van der Waals surface area contributed by atoms with E-state index in [2.05, 4.69) is 0 Å². The summed E-state index contributed by atoms with van der Waals surface area (Å²) in [5, 5.41) is 8.71. The van der Waals surface area contributed by atoms with Crippen molar-refractivity contribution in [2.45, 2.75) is 19.4 Å². The molecule has 0 N–H and O–H groups in total. The number of carbonyl (C=O) groups is 1. The second-order valence-corrected chi connectivity index (χ2v) is 7.39. The lowest BCUT2D eigenvalue weighted by atomic mass is 10.2. The van der Waals surface area contributed by atoms with E-state index in [-0.39, 0.29) is 30.1 Å². The van der Waals surface area contributed by atoms with Gasteiger partial charge >= 0.3 is 0 Å². The highest BCUT2D eigenvalue weighted by Gasteiger charge is 2.33. The van der Waals surface area contributed by atoms with Gasteiger partial charge in [0.15, 0.2) is 16.4 Å². The van der Waals surface area contributed by atoms with Crippen molar-refractivity contribution in [1.29, 1.82) is 5.26 Å². The van der Waals surface area contributed by atoms with Crippen molar-refractivity contribution < 1.29 is 17.9 Å². The summed E-state index contributed by atoms with van der Waals surface area (Å²) in [7, 11) is -3.02. The van der Waals surface area contributed by atoms with Crippen LogP contribution in [-0.4, -0.2) is 49.9 Å². The van der Waals surface area contributed by atoms with Gasteiger partial charge in [0.1, 0.15) is 5.75 Å². The molecule has 1 heterocycles. The van der Waals surface area contributed by atoms with Crippen LogP contribution < -0.4 is 4.74 Å². The molecule has 0 radical (unpaired) electrons. The van der Waals surface area contributed by atoms with Crippen LogP contribution in [0.15, 0.2) is 24.3 Å². The van der Waals surface area contributed by atoms with Gasteiger partial charge in [0, 0.05) is 12.6 Å². The Bertz CT molecular complexity index is 676. The van der Waals surface area contributed by atoms with Crippen LogP contribution >= 0.6 is 0 Å². The number of carbonyl (C=O) groups excluding carboxylic acids is 1. The van der Waals surface area contributed by atoms with E-state index in [1.807, 2.05) is 13.0 Å². The van der Waals surface area contributed by atoms with Gasteiger partial charge < -0.3 is 9.64 Å². The monoisotopic (exact) mass is 322 g/mol. The maximum absolute atomic E-state index is 12.2. The Labute approximate surface area is 130 Å². The highest BCUT2D eigenvalue weighted by molar-refractivity contribution is 7.91. The highest BCUT2D eigenvalue weighted by atomic mass is 32.2. The topological polar surface area (TPSA) is 87.5 Å². The third-order valence-electron chi connectivity index (χ3n) is 3.66. The van der Waals surface area contributed by atoms with Crippen LogP contribution in [0.2, 0.25) is 0 Å². The molecule has 7 heteroatoms. The molecule has 0 saturated carbocycles. The van der Waals surface area contributed by atoms with Crippen molar-refractivity contribution in [3.05, 3.63) is 29.8 Å². The molecule has 1 aromatic carbocycles. The fraction of sp³-hybridized carbons (Fsp3) is 0.467. The predicted octanol–water partition coefficient (Wildman–Crippen LogP) is 0.973. The number of nitriles is 1. The second-order valence-electron chi connectivity index (χ2n) is 5.16. The molecule has 1 aliphatic rings. The summed E-state index contributed by atoms with van der Waals surface area (Å²) in [6, 6.07) is 8.22. The average Bonchev–Trinajstić information content (AvgIpc) is 2.86. The lowest BCUT2D eigenvalue weighted by Gasteiger charge is -2.26. The quantitative estimate of drug-likeness (QED) is 0.806. The van der Waals surface area contributed by atoms with Crippen molar-refractivity contribution in [2.24, 2.45) is 0 Å². The fourth-order valence-corrected chi connectivity index (χ4v) is 4.24. The van der Waals surface area contributed by atoms with Crippen LogP contribution in [0.3, 0.4) is 0 Å². The number of ether oxygens (including phenoxy) is 1. The van der Waals surface area contributed by atoms with Gasteiger partial charge in [0.2, 0.25) is 0 Å². The molecule has 22 heavy (non-hydrogen) atoms. The number of hydrogen-bond donors (Lipinski definition) is 0. The Morgan fingerprint density at radius 3 is 2.59 bits per heavy atom. The summed E-state index contributed by atoms with van der Waals surface area (Å²) in [5.74, 6) is 0.442. The number of sulfone groups is 1. The van der Waals surface area contributed by atoms with E-state index < -0.39 is 9.84 Å². The molecule has 118 valence electrons. The Hall–Kier alpha value is -2.07. The molecule has 0 unspecified atom stereocenters. The van der Waals surface area contributed by atoms with Crippen LogP contribution in [0.4, 0.5) is 0 Å². The number of benzene rings is 1. The first-order valence-electron chi connectivity index (χ1n) is 7.08. The predicted molar refractivity (Wildman–Crippen MR) is 81.1 cm³/mol. The minimum absolute atomic E-state index is 0.0312. The molecule has 1 aliphatic heterocycles. The third kappa shape index (κ3) is 3.98. The van der Waals surface area contributed by atoms with Gasteiger partial charge in [0.25, 0.3) is 5.91 Å². The summed E-state index contributed by atoms with van der Waals surface area (Å²) in [6.45, 7) is 2.14. The van der Waals surface area contributed by atoms with Crippen molar-refractivity contribution in [3.63, 3.8) is 0 Å². The summed E-state index contributed by atoms with van der Waals surface area (Å²) < 4.78 is 28.5. The van der Waals surface area contributed by atoms with Crippen LogP contribution in [0.5, 0.6) is 5.75 Å². The Morgan fingerprint density at radius 1 is 1.41 bits per heavy atom. The molecule has 1 fully saturated rings.